The molecular formula is C19H25ClN2O2. The van der Waals surface area contributed by atoms with Crippen LogP contribution in [-0.2, 0) is 9.59 Å². The second-order valence-electron chi connectivity index (χ2n) is 6.31. The van der Waals surface area contributed by atoms with Crippen LogP contribution in [0, 0.1) is 6.92 Å². The van der Waals surface area contributed by atoms with Gasteiger partial charge >= 0.3 is 0 Å². The maximum absolute atomic E-state index is 12.2. The van der Waals surface area contributed by atoms with Gasteiger partial charge in [-0.1, -0.05) is 29.3 Å². The summed E-state index contributed by atoms with van der Waals surface area (Å²) in [6.45, 7) is 4.06. The summed E-state index contributed by atoms with van der Waals surface area (Å²) in [5.74, 6) is -0.286. The average Bonchev–Trinajstić information content (AvgIpc) is 2.55. The summed E-state index contributed by atoms with van der Waals surface area (Å²) >= 11 is 6.07. The van der Waals surface area contributed by atoms with E-state index in [1.165, 1.54) is 25.3 Å². The molecule has 24 heavy (non-hydrogen) atoms. The molecule has 4 nitrogen and oxygen atoms in total. The van der Waals surface area contributed by atoms with Crippen molar-refractivity contribution in [2.75, 3.05) is 18.4 Å². The number of anilines is 1. The lowest BCUT2D eigenvalue weighted by Crippen LogP contribution is -2.37. The first kappa shape index (κ1) is 18.5. The van der Waals surface area contributed by atoms with E-state index in [-0.39, 0.29) is 18.4 Å². The summed E-state index contributed by atoms with van der Waals surface area (Å²) in [5, 5.41) is 3.41. The highest BCUT2D eigenvalue weighted by Crippen LogP contribution is 2.21. The Balaban J connectivity index is 1.89. The first-order chi connectivity index (χ1) is 11.5. The fraction of sp³-hybridized carbons (Fsp3) is 0.474. The predicted molar refractivity (Wildman–Crippen MR) is 98.2 cm³/mol. The number of hydrogen-bond donors (Lipinski definition) is 1. The van der Waals surface area contributed by atoms with Gasteiger partial charge in [0, 0.05) is 24.2 Å². The minimum Gasteiger partial charge on any atom is -0.333 e. The van der Waals surface area contributed by atoms with Crippen LogP contribution in [0.1, 0.15) is 44.6 Å². The summed E-state index contributed by atoms with van der Waals surface area (Å²) in [6, 6.07) is 5.39. The number of benzene rings is 1. The lowest BCUT2D eigenvalue weighted by atomic mass is 9.97. The van der Waals surface area contributed by atoms with Crippen molar-refractivity contribution in [2.45, 2.75) is 46.0 Å². The van der Waals surface area contributed by atoms with E-state index in [4.69, 9.17) is 11.6 Å². The quantitative estimate of drug-likeness (QED) is 0.778. The molecule has 1 N–H and O–H groups in total. The van der Waals surface area contributed by atoms with E-state index in [0.29, 0.717) is 17.3 Å². The van der Waals surface area contributed by atoms with E-state index >= 15 is 0 Å². The normalized spacial score (nSPS) is 14.0. The van der Waals surface area contributed by atoms with Crippen molar-refractivity contribution < 1.29 is 9.59 Å². The Hall–Kier alpha value is -1.81. The number of nitrogens with one attached hydrogen (secondary N) is 1. The molecule has 130 valence electrons. The Morgan fingerprint density at radius 1 is 1.29 bits per heavy atom. The average molecular weight is 349 g/mol. The van der Waals surface area contributed by atoms with E-state index in [2.05, 4.69) is 11.4 Å². The number of hydrogen-bond acceptors (Lipinski definition) is 2. The van der Waals surface area contributed by atoms with Crippen LogP contribution in [0.2, 0.25) is 5.02 Å². The second-order valence-corrected chi connectivity index (χ2v) is 6.72. The number of amides is 2. The second kappa shape index (κ2) is 8.88. The molecular weight excluding hydrogens is 324 g/mol. The molecule has 2 amide bonds. The zero-order chi connectivity index (χ0) is 17.5. The van der Waals surface area contributed by atoms with Crippen LogP contribution < -0.4 is 5.32 Å². The number of nitrogens with zero attached hydrogens (tertiary/aromatic N) is 1. The Kier molecular flexibility index (Phi) is 6.85. The van der Waals surface area contributed by atoms with Crippen LogP contribution in [0.15, 0.2) is 29.8 Å². The summed E-state index contributed by atoms with van der Waals surface area (Å²) in [7, 11) is 0. The van der Waals surface area contributed by atoms with E-state index in [0.717, 1.165) is 24.8 Å². The van der Waals surface area contributed by atoms with Crippen LogP contribution in [0.3, 0.4) is 0 Å². The maximum atomic E-state index is 12.2. The molecule has 0 aromatic heterocycles. The first-order valence-corrected chi connectivity index (χ1v) is 8.83. The van der Waals surface area contributed by atoms with E-state index < -0.39 is 0 Å². The van der Waals surface area contributed by atoms with Gasteiger partial charge in [0.15, 0.2) is 0 Å². The largest absolute Gasteiger partial charge is 0.333 e. The van der Waals surface area contributed by atoms with Crippen LogP contribution in [0.25, 0.3) is 0 Å². The van der Waals surface area contributed by atoms with Crippen molar-refractivity contribution in [2.24, 2.45) is 0 Å². The fourth-order valence-corrected chi connectivity index (χ4v) is 2.98. The predicted octanol–water partition coefficient (Wildman–Crippen LogP) is 4.33. The van der Waals surface area contributed by atoms with Crippen molar-refractivity contribution in [1.82, 2.24) is 4.90 Å². The highest BCUT2D eigenvalue weighted by atomic mass is 35.5. The molecule has 5 heteroatoms. The Bertz CT molecular complexity index is 640. The SMILES string of the molecule is CC(=O)N(CCC1=CCCCC1)CC(=O)Nc1ccc(C)c(Cl)c1. The highest BCUT2D eigenvalue weighted by molar-refractivity contribution is 6.31. The van der Waals surface area contributed by atoms with Crippen LogP contribution in [0.5, 0.6) is 0 Å². The van der Waals surface area contributed by atoms with Gasteiger partial charge in [-0.15, -0.1) is 0 Å². The van der Waals surface area contributed by atoms with Gasteiger partial charge in [-0.2, -0.15) is 0 Å². The number of rotatable bonds is 6. The molecule has 0 fully saturated rings. The number of carbonyl (C=O) groups excluding carboxylic acids is 2. The summed E-state index contributed by atoms with van der Waals surface area (Å²) in [4.78, 5) is 25.6. The van der Waals surface area contributed by atoms with Crippen molar-refractivity contribution in [3.63, 3.8) is 0 Å². The van der Waals surface area contributed by atoms with Crippen molar-refractivity contribution in [3.8, 4) is 0 Å². The molecule has 0 saturated heterocycles. The van der Waals surface area contributed by atoms with Crippen LogP contribution in [0.4, 0.5) is 5.69 Å². The zero-order valence-electron chi connectivity index (χ0n) is 14.4. The molecule has 0 aliphatic heterocycles. The van der Waals surface area contributed by atoms with Gasteiger partial charge in [-0.05, 0) is 56.7 Å². The van der Waals surface area contributed by atoms with Gasteiger partial charge in [0.2, 0.25) is 11.8 Å². The number of allylic oxidation sites excluding steroid dienone is 1. The van der Waals surface area contributed by atoms with Gasteiger partial charge in [0.25, 0.3) is 0 Å². The Morgan fingerprint density at radius 3 is 2.71 bits per heavy atom. The number of halogens is 1. The molecule has 1 aliphatic rings. The van der Waals surface area contributed by atoms with E-state index in [1.807, 2.05) is 19.1 Å². The minimum absolute atomic E-state index is 0.0636. The van der Waals surface area contributed by atoms with Crippen molar-refractivity contribution in [1.29, 1.82) is 0 Å². The third-order valence-electron chi connectivity index (χ3n) is 4.32. The smallest absolute Gasteiger partial charge is 0.243 e. The standard InChI is InChI=1S/C19H25ClN2O2/c1-14-8-9-17(12-18(14)20)21-19(24)13-22(15(2)23)11-10-16-6-4-3-5-7-16/h6,8-9,12H,3-5,7,10-11,13H2,1-2H3,(H,21,24). The van der Waals surface area contributed by atoms with Gasteiger partial charge in [0.1, 0.15) is 0 Å². The van der Waals surface area contributed by atoms with Crippen molar-refractivity contribution in [3.05, 3.63) is 40.4 Å². The molecule has 0 saturated carbocycles. The monoisotopic (exact) mass is 348 g/mol. The number of carbonyl (C=O) groups is 2. The topological polar surface area (TPSA) is 49.4 Å². The molecule has 1 aromatic carbocycles. The summed E-state index contributed by atoms with van der Waals surface area (Å²) in [6.07, 6.45) is 7.84. The van der Waals surface area contributed by atoms with Crippen LogP contribution in [-0.4, -0.2) is 29.8 Å². The summed E-state index contributed by atoms with van der Waals surface area (Å²) in [5.41, 5.74) is 3.01. The lowest BCUT2D eigenvalue weighted by Gasteiger charge is -2.22. The van der Waals surface area contributed by atoms with Crippen molar-refractivity contribution >= 4 is 29.1 Å². The molecule has 0 unspecified atom stereocenters. The molecule has 1 aromatic rings. The first-order valence-electron chi connectivity index (χ1n) is 8.45. The Labute approximate surface area is 148 Å². The fourth-order valence-electron chi connectivity index (χ4n) is 2.80. The molecule has 0 radical (unpaired) electrons. The van der Waals surface area contributed by atoms with Gasteiger partial charge in [-0.25, -0.2) is 0 Å². The van der Waals surface area contributed by atoms with Gasteiger partial charge in [0.05, 0.1) is 6.54 Å². The van der Waals surface area contributed by atoms with Gasteiger partial charge in [-0.3, -0.25) is 9.59 Å². The molecule has 0 spiro atoms. The minimum atomic E-state index is -0.206. The molecule has 0 atom stereocenters. The lowest BCUT2D eigenvalue weighted by molar-refractivity contribution is -0.132. The maximum Gasteiger partial charge on any atom is 0.243 e. The van der Waals surface area contributed by atoms with E-state index in [9.17, 15) is 9.59 Å². The van der Waals surface area contributed by atoms with Crippen LogP contribution >= 0.6 is 11.6 Å². The molecule has 0 heterocycles. The Morgan fingerprint density at radius 2 is 2.08 bits per heavy atom. The molecule has 0 bridgehead atoms. The highest BCUT2D eigenvalue weighted by Gasteiger charge is 2.15. The summed E-state index contributed by atoms with van der Waals surface area (Å²) < 4.78 is 0. The zero-order valence-corrected chi connectivity index (χ0v) is 15.2. The van der Waals surface area contributed by atoms with E-state index in [1.54, 1.807) is 11.0 Å². The molecule has 1 aliphatic carbocycles. The number of aryl methyl sites for hydroxylation is 1. The van der Waals surface area contributed by atoms with Gasteiger partial charge < -0.3 is 10.2 Å². The molecule has 2 rings (SSSR count). The third-order valence-corrected chi connectivity index (χ3v) is 4.73. The third kappa shape index (κ3) is 5.68.